The van der Waals surface area contributed by atoms with E-state index in [1.54, 1.807) is 17.0 Å². The Morgan fingerprint density at radius 2 is 2.08 bits per heavy atom. The van der Waals surface area contributed by atoms with E-state index in [-0.39, 0.29) is 48.0 Å². The van der Waals surface area contributed by atoms with Crippen LogP contribution in [0.1, 0.15) is 26.2 Å². The van der Waals surface area contributed by atoms with Gasteiger partial charge < -0.3 is 9.80 Å². The first kappa shape index (κ1) is 18.8. The van der Waals surface area contributed by atoms with E-state index in [0.717, 1.165) is 0 Å². The van der Waals surface area contributed by atoms with Gasteiger partial charge in [0.2, 0.25) is 11.8 Å². The van der Waals surface area contributed by atoms with Gasteiger partial charge in [0, 0.05) is 25.6 Å². The molecule has 2 aliphatic rings. The molecule has 0 spiro atoms. The highest BCUT2D eigenvalue weighted by Gasteiger charge is 2.41. The molecule has 142 valence electrons. The van der Waals surface area contributed by atoms with Crippen molar-refractivity contribution in [3.05, 3.63) is 30.1 Å². The zero-order chi connectivity index (χ0) is 18.9. The van der Waals surface area contributed by atoms with Crippen molar-refractivity contribution in [2.75, 3.05) is 29.5 Å². The molecule has 0 bridgehead atoms. The van der Waals surface area contributed by atoms with E-state index in [9.17, 15) is 22.4 Å². The summed E-state index contributed by atoms with van der Waals surface area (Å²) in [7, 11) is -3.11. The predicted octanol–water partition coefficient (Wildman–Crippen LogP) is 1.60. The second-order valence-electron chi connectivity index (χ2n) is 6.95. The van der Waals surface area contributed by atoms with Crippen LogP contribution in [0.15, 0.2) is 24.3 Å². The minimum absolute atomic E-state index is 0.0174. The third-order valence-electron chi connectivity index (χ3n) is 5.01. The maximum Gasteiger partial charge on any atom is 0.228 e. The van der Waals surface area contributed by atoms with Gasteiger partial charge in [-0.3, -0.25) is 9.59 Å². The molecule has 1 aromatic carbocycles. The van der Waals surface area contributed by atoms with Crippen molar-refractivity contribution in [1.29, 1.82) is 0 Å². The molecule has 8 heteroatoms. The van der Waals surface area contributed by atoms with Crippen molar-refractivity contribution < 1.29 is 22.4 Å². The lowest BCUT2D eigenvalue weighted by Crippen LogP contribution is -2.45. The summed E-state index contributed by atoms with van der Waals surface area (Å²) in [6, 6.07) is 5.67. The van der Waals surface area contributed by atoms with Gasteiger partial charge in [-0.15, -0.1) is 0 Å². The summed E-state index contributed by atoms with van der Waals surface area (Å²) in [5, 5.41) is 0. The lowest BCUT2D eigenvalue weighted by molar-refractivity contribution is -0.137. The van der Waals surface area contributed by atoms with Crippen LogP contribution in [0.2, 0.25) is 0 Å². The van der Waals surface area contributed by atoms with E-state index in [1.807, 2.05) is 6.92 Å². The van der Waals surface area contributed by atoms with E-state index in [2.05, 4.69) is 0 Å². The fourth-order valence-electron chi connectivity index (χ4n) is 3.75. The Bertz CT molecular complexity index is 811. The van der Waals surface area contributed by atoms with Crippen LogP contribution in [0, 0.1) is 11.7 Å². The van der Waals surface area contributed by atoms with Gasteiger partial charge in [0.15, 0.2) is 9.84 Å². The highest BCUT2D eigenvalue weighted by molar-refractivity contribution is 7.91. The summed E-state index contributed by atoms with van der Waals surface area (Å²) in [6.45, 7) is 2.51. The van der Waals surface area contributed by atoms with E-state index in [4.69, 9.17) is 0 Å². The molecule has 0 aromatic heterocycles. The van der Waals surface area contributed by atoms with Gasteiger partial charge in [0.05, 0.1) is 23.1 Å². The maximum absolute atomic E-state index is 14.0. The molecule has 0 N–H and O–H groups in total. The summed E-state index contributed by atoms with van der Waals surface area (Å²) in [4.78, 5) is 28.3. The summed E-state index contributed by atoms with van der Waals surface area (Å²) >= 11 is 0. The minimum Gasteiger partial charge on any atom is -0.338 e. The lowest BCUT2D eigenvalue weighted by atomic mass is 10.0. The average molecular weight is 382 g/mol. The summed E-state index contributed by atoms with van der Waals surface area (Å²) in [5.74, 6) is -1.49. The normalized spacial score (nSPS) is 24.8. The van der Waals surface area contributed by atoms with Gasteiger partial charge in [-0.25, -0.2) is 12.8 Å². The van der Waals surface area contributed by atoms with Crippen molar-refractivity contribution in [3.8, 4) is 0 Å². The van der Waals surface area contributed by atoms with Crippen molar-refractivity contribution in [2.24, 2.45) is 5.92 Å². The van der Waals surface area contributed by atoms with Crippen LogP contribution in [-0.4, -0.2) is 55.8 Å². The van der Waals surface area contributed by atoms with Gasteiger partial charge >= 0.3 is 0 Å². The van der Waals surface area contributed by atoms with E-state index in [0.29, 0.717) is 19.4 Å². The molecule has 2 heterocycles. The SMILES string of the molecule is CCCN(C(=O)[C@@H]1CC(=O)N(c2ccccc2F)C1)[C@H]1CCS(=O)(=O)C1. The maximum atomic E-state index is 14.0. The number of nitrogens with zero attached hydrogens (tertiary/aromatic N) is 2. The van der Waals surface area contributed by atoms with E-state index >= 15 is 0 Å². The molecule has 2 saturated heterocycles. The number of carbonyl (C=O) groups is 2. The molecular formula is C18H23FN2O4S. The fraction of sp³-hybridized carbons (Fsp3) is 0.556. The van der Waals surface area contributed by atoms with Crippen molar-refractivity contribution in [3.63, 3.8) is 0 Å². The van der Waals surface area contributed by atoms with Crippen molar-refractivity contribution in [1.82, 2.24) is 4.90 Å². The number of sulfone groups is 1. The van der Waals surface area contributed by atoms with Gasteiger partial charge in [-0.1, -0.05) is 19.1 Å². The summed E-state index contributed by atoms with van der Waals surface area (Å²) in [5.41, 5.74) is 0.179. The number of benzene rings is 1. The van der Waals surface area contributed by atoms with Crippen LogP contribution in [0.4, 0.5) is 10.1 Å². The van der Waals surface area contributed by atoms with Crippen molar-refractivity contribution in [2.45, 2.75) is 32.2 Å². The topological polar surface area (TPSA) is 74.8 Å². The molecule has 0 saturated carbocycles. The van der Waals surface area contributed by atoms with Crippen LogP contribution < -0.4 is 4.90 Å². The van der Waals surface area contributed by atoms with Crippen LogP contribution >= 0.6 is 0 Å². The molecule has 1 aromatic rings. The Kier molecular flexibility index (Phi) is 5.32. The lowest BCUT2D eigenvalue weighted by Gasteiger charge is -2.30. The largest absolute Gasteiger partial charge is 0.338 e. The first-order chi connectivity index (χ1) is 12.3. The summed E-state index contributed by atoms with van der Waals surface area (Å²) < 4.78 is 37.6. The summed E-state index contributed by atoms with van der Waals surface area (Å²) in [6.07, 6.45) is 1.17. The van der Waals surface area contributed by atoms with Gasteiger partial charge in [-0.05, 0) is 25.0 Å². The van der Waals surface area contributed by atoms with Crippen LogP contribution in [0.5, 0.6) is 0 Å². The molecule has 2 amide bonds. The first-order valence-corrected chi connectivity index (χ1v) is 10.7. The fourth-order valence-corrected chi connectivity index (χ4v) is 5.48. The monoisotopic (exact) mass is 382 g/mol. The smallest absolute Gasteiger partial charge is 0.228 e. The number of carbonyl (C=O) groups excluding carboxylic acids is 2. The number of halogens is 1. The molecule has 0 aliphatic carbocycles. The molecule has 3 rings (SSSR count). The molecule has 6 nitrogen and oxygen atoms in total. The Morgan fingerprint density at radius 1 is 1.35 bits per heavy atom. The van der Waals surface area contributed by atoms with Crippen LogP contribution in [0.3, 0.4) is 0 Å². The number of anilines is 1. The standard InChI is InChI=1S/C18H23FN2O4S/c1-2-8-20(14-7-9-26(24,25)12-14)18(23)13-10-17(22)21(11-13)16-6-4-3-5-15(16)19/h3-6,13-14H,2,7-12H2,1H3/t13-,14+/m1/s1. The number of rotatable bonds is 5. The van der Waals surface area contributed by atoms with Gasteiger partial charge in [-0.2, -0.15) is 0 Å². The molecule has 0 unspecified atom stereocenters. The Balaban J connectivity index is 1.76. The molecular weight excluding hydrogens is 359 g/mol. The highest BCUT2D eigenvalue weighted by atomic mass is 32.2. The van der Waals surface area contributed by atoms with E-state index < -0.39 is 21.6 Å². The van der Waals surface area contributed by atoms with Gasteiger partial charge in [0.1, 0.15) is 5.82 Å². The highest BCUT2D eigenvalue weighted by Crippen LogP contribution is 2.29. The predicted molar refractivity (Wildman–Crippen MR) is 95.9 cm³/mol. The second kappa shape index (κ2) is 7.34. The average Bonchev–Trinajstić information content (AvgIpc) is 3.15. The molecule has 2 fully saturated rings. The number of hydrogen-bond acceptors (Lipinski definition) is 4. The molecule has 2 atom stereocenters. The minimum atomic E-state index is -3.11. The molecule has 2 aliphatic heterocycles. The molecule has 0 radical (unpaired) electrons. The second-order valence-corrected chi connectivity index (χ2v) is 9.17. The third kappa shape index (κ3) is 3.75. The number of amides is 2. The quantitative estimate of drug-likeness (QED) is 0.775. The molecule has 26 heavy (non-hydrogen) atoms. The zero-order valence-corrected chi connectivity index (χ0v) is 15.5. The van der Waals surface area contributed by atoms with Gasteiger partial charge in [0.25, 0.3) is 0 Å². The van der Waals surface area contributed by atoms with E-state index in [1.165, 1.54) is 17.0 Å². The Hall–Kier alpha value is -1.96. The zero-order valence-electron chi connectivity index (χ0n) is 14.7. The van der Waals surface area contributed by atoms with Crippen molar-refractivity contribution >= 4 is 27.3 Å². The van der Waals surface area contributed by atoms with Crippen LogP contribution in [-0.2, 0) is 19.4 Å². The third-order valence-corrected chi connectivity index (χ3v) is 6.76. The Labute approximate surface area is 152 Å². The first-order valence-electron chi connectivity index (χ1n) is 8.88. The number of para-hydroxylation sites is 1. The van der Waals surface area contributed by atoms with Crippen LogP contribution in [0.25, 0.3) is 0 Å². The Morgan fingerprint density at radius 3 is 2.69 bits per heavy atom. The number of hydrogen-bond donors (Lipinski definition) is 0.